The van der Waals surface area contributed by atoms with Crippen LogP contribution in [-0.4, -0.2) is 11.9 Å². The van der Waals surface area contributed by atoms with Gasteiger partial charge >= 0.3 is 0 Å². The van der Waals surface area contributed by atoms with Crippen LogP contribution in [0.15, 0.2) is 22.7 Å². The first-order valence-electron chi connectivity index (χ1n) is 6.49. The Bertz CT molecular complexity index is 452. The number of amides is 1. The molecule has 0 spiro atoms. The van der Waals surface area contributed by atoms with Crippen molar-refractivity contribution in [2.45, 2.75) is 46.6 Å². The molecule has 0 bridgehead atoms. The summed E-state index contributed by atoms with van der Waals surface area (Å²) in [6, 6.07) is 5.65. The van der Waals surface area contributed by atoms with Crippen molar-refractivity contribution in [3.05, 3.63) is 28.2 Å². The summed E-state index contributed by atoms with van der Waals surface area (Å²) in [5.41, 5.74) is 8.05. The number of hydrogen-bond donors (Lipinski definition) is 2. The van der Waals surface area contributed by atoms with E-state index in [1.807, 2.05) is 25.1 Å². The molecule has 0 aromatic heterocycles. The highest BCUT2D eigenvalue weighted by Gasteiger charge is 2.18. The van der Waals surface area contributed by atoms with Crippen LogP contribution >= 0.6 is 15.9 Å². The van der Waals surface area contributed by atoms with Gasteiger partial charge in [-0.25, -0.2) is 0 Å². The quantitative estimate of drug-likeness (QED) is 0.882. The van der Waals surface area contributed by atoms with Crippen LogP contribution < -0.4 is 11.1 Å². The van der Waals surface area contributed by atoms with Gasteiger partial charge in [0.1, 0.15) is 0 Å². The number of anilines is 1. The Kier molecular flexibility index (Phi) is 5.56. The molecule has 1 unspecified atom stereocenters. The average molecular weight is 327 g/mol. The standard InChI is InChI=1S/C15H23BrN2O/c1-10-7-12(5-6-13(10)16)18-14(19)8-11(17)9-15(2,3)4/h5-7,11H,8-9,17H2,1-4H3,(H,18,19). The first kappa shape index (κ1) is 16.2. The van der Waals surface area contributed by atoms with E-state index < -0.39 is 0 Å². The van der Waals surface area contributed by atoms with Crippen LogP contribution in [0.25, 0.3) is 0 Å². The lowest BCUT2D eigenvalue weighted by molar-refractivity contribution is -0.116. The number of aryl methyl sites for hydroxylation is 1. The molecule has 19 heavy (non-hydrogen) atoms. The molecule has 106 valence electrons. The van der Waals surface area contributed by atoms with Crippen molar-refractivity contribution in [1.29, 1.82) is 0 Å². The number of carbonyl (C=O) groups is 1. The summed E-state index contributed by atoms with van der Waals surface area (Å²) in [6.45, 7) is 8.37. The molecule has 3 N–H and O–H groups in total. The average Bonchev–Trinajstić information content (AvgIpc) is 2.20. The maximum atomic E-state index is 11.9. The van der Waals surface area contributed by atoms with Crippen LogP contribution in [0.3, 0.4) is 0 Å². The summed E-state index contributed by atoms with van der Waals surface area (Å²) >= 11 is 3.44. The summed E-state index contributed by atoms with van der Waals surface area (Å²) in [6.07, 6.45) is 1.19. The minimum atomic E-state index is -0.100. The van der Waals surface area contributed by atoms with E-state index in [9.17, 15) is 4.79 Å². The Balaban J connectivity index is 2.53. The van der Waals surface area contributed by atoms with Crippen molar-refractivity contribution in [2.24, 2.45) is 11.1 Å². The number of halogens is 1. The molecule has 1 amide bonds. The van der Waals surface area contributed by atoms with E-state index in [1.54, 1.807) is 0 Å². The zero-order valence-corrected chi connectivity index (χ0v) is 13.7. The minimum absolute atomic E-state index is 0.0292. The number of rotatable bonds is 4. The second kappa shape index (κ2) is 6.53. The van der Waals surface area contributed by atoms with Gasteiger partial charge in [0.2, 0.25) is 5.91 Å². The van der Waals surface area contributed by atoms with Crippen LogP contribution in [0.4, 0.5) is 5.69 Å². The summed E-state index contributed by atoms with van der Waals surface area (Å²) in [7, 11) is 0. The van der Waals surface area contributed by atoms with Crippen LogP contribution in [-0.2, 0) is 4.79 Å². The van der Waals surface area contributed by atoms with Crippen molar-refractivity contribution in [3.63, 3.8) is 0 Å². The minimum Gasteiger partial charge on any atom is -0.327 e. The summed E-state index contributed by atoms with van der Waals surface area (Å²) < 4.78 is 1.04. The number of carbonyl (C=O) groups excluding carboxylic acids is 1. The Morgan fingerprint density at radius 3 is 2.58 bits per heavy atom. The van der Waals surface area contributed by atoms with Gasteiger partial charge in [-0.2, -0.15) is 0 Å². The van der Waals surface area contributed by atoms with Crippen LogP contribution in [0.2, 0.25) is 0 Å². The molecule has 0 aliphatic rings. The number of benzene rings is 1. The first-order valence-corrected chi connectivity index (χ1v) is 7.28. The normalized spacial score (nSPS) is 13.2. The molecule has 1 atom stereocenters. The lowest BCUT2D eigenvalue weighted by atomic mass is 9.87. The maximum Gasteiger partial charge on any atom is 0.225 e. The van der Waals surface area contributed by atoms with Crippen molar-refractivity contribution in [1.82, 2.24) is 0 Å². The van der Waals surface area contributed by atoms with Gasteiger partial charge in [0.05, 0.1) is 0 Å². The van der Waals surface area contributed by atoms with Gasteiger partial charge in [0, 0.05) is 22.6 Å². The van der Waals surface area contributed by atoms with E-state index in [-0.39, 0.29) is 17.4 Å². The third-order valence-electron chi connectivity index (χ3n) is 2.76. The smallest absolute Gasteiger partial charge is 0.225 e. The number of hydrogen-bond acceptors (Lipinski definition) is 2. The van der Waals surface area contributed by atoms with Crippen LogP contribution in [0, 0.1) is 12.3 Å². The zero-order chi connectivity index (χ0) is 14.6. The van der Waals surface area contributed by atoms with Gasteiger partial charge in [0.15, 0.2) is 0 Å². The molecular formula is C15H23BrN2O. The third kappa shape index (κ3) is 6.21. The van der Waals surface area contributed by atoms with Crippen molar-refractivity contribution in [3.8, 4) is 0 Å². The van der Waals surface area contributed by atoms with Crippen molar-refractivity contribution in [2.75, 3.05) is 5.32 Å². The number of nitrogens with one attached hydrogen (secondary N) is 1. The molecule has 3 nitrogen and oxygen atoms in total. The van der Waals surface area contributed by atoms with Gasteiger partial charge in [0.25, 0.3) is 0 Å². The second-order valence-electron chi connectivity index (χ2n) is 6.24. The first-order chi connectivity index (χ1) is 8.67. The molecule has 1 aromatic carbocycles. The molecule has 4 heteroatoms. The molecule has 0 aliphatic carbocycles. The Labute approximate surface area is 124 Å². The highest BCUT2D eigenvalue weighted by Crippen LogP contribution is 2.22. The van der Waals surface area contributed by atoms with Crippen molar-refractivity contribution >= 4 is 27.5 Å². The van der Waals surface area contributed by atoms with Gasteiger partial charge in [-0.3, -0.25) is 4.79 Å². The molecule has 0 saturated carbocycles. The summed E-state index contributed by atoms with van der Waals surface area (Å²) in [5.74, 6) is -0.0292. The second-order valence-corrected chi connectivity index (χ2v) is 7.10. The molecule has 0 radical (unpaired) electrons. The molecule has 1 aromatic rings. The van der Waals surface area contributed by atoms with E-state index in [0.717, 1.165) is 22.1 Å². The van der Waals surface area contributed by atoms with Crippen molar-refractivity contribution < 1.29 is 4.79 Å². The lowest BCUT2D eigenvalue weighted by Crippen LogP contribution is -2.31. The fraction of sp³-hybridized carbons (Fsp3) is 0.533. The topological polar surface area (TPSA) is 55.1 Å². The van der Waals surface area contributed by atoms with Gasteiger partial charge in [-0.1, -0.05) is 36.7 Å². The molecule has 0 fully saturated rings. The van der Waals surface area contributed by atoms with E-state index >= 15 is 0 Å². The van der Waals surface area contributed by atoms with Crippen LogP contribution in [0.1, 0.15) is 39.2 Å². The SMILES string of the molecule is Cc1cc(NC(=O)CC(N)CC(C)(C)C)ccc1Br. The molecule has 0 heterocycles. The highest BCUT2D eigenvalue weighted by molar-refractivity contribution is 9.10. The third-order valence-corrected chi connectivity index (χ3v) is 3.65. The van der Waals surface area contributed by atoms with Gasteiger partial charge in [-0.05, 0) is 42.5 Å². The van der Waals surface area contributed by atoms with E-state index in [1.165, 1.54) is 0 Å². The Hall–Kier alpha value is -0.870. The molecule has 0 saturated heterocycles. The molecule has 1 rings (SSSR count). The molecule has 0 aliphatic heterocycles. The Morgan fingerprint density at radius 2 is 2.05 bits per heavy atom. The van der Waals surface area contributed by atoms with Gasteiger partial charge in [-0.15, -0.1) is 0 Å². The zero-order valence-electron chi connectivity index (χ0n) is 12.1. The number of nitrogens with two attached hydrogens (primary N) is 1. The largest absolute Gasteiger partial charge is 0.327 e. The van der Waals surface area contributed by atoms with Crippen LogP contribution in [0.5, 0.6) is 0 Å². The summed E-state index contributed by atoms with van der Waals surface area (Å²) in [5, 5.41) is 2.89. The van der Waals surface area contributed by atoms with E-state index in [4.69, 9.17) is 5.73 Å². The van der Waals surface area contributed by atoms with Gasteiger partial charge < -0.3 is 11.1 Å². The fourth-order valence-corrected chi connectivity index (χ4v) is 2.28. The lowest BCUT2D eigenvalue weighted by Gasteiger charge is -2.22. The van der Waals surface area contributed by atoms with E-state index in [0.29, 0.717) is 6.42 Å². The summed E-state index contributed by atoms with van der Waals surface area (Å²) in [4.78, 5) is 11.9. The monoisotopic (exact) mass is 326 g/mol. The fourth-order valence-electron chi connectivity index (χ4n) is 2.03. The molecular weight excluding hydrogens is 304 g/mol. The predicted octanol–water partition coefficient (Wildman–Crippen LogP) is 3.85. The Morgan fingerprint density at radius 1 is 1.42 bits per heavy atom. The maximum absolute atomic E-state index is 11.9. The van der Waals surface area contributed by atoms with E-state index in [2.05, 4.69) is 42.0 Å². The highest BCUT2D eigenvalue weighted by atomic mass is 79.9. The predicted molar refractivity (Wildman–Crippen MR) is 84.2 cm³/mol.